The van der Waals surface area contributed by atoms with Gasteiger partial charge in [-0.2, -0.15) is 0 Å². The van der Waals surface area contributed by atoms with Gasteiger partial charge in [-0.3, -0.25) is 0 Å². The van der Waals surface area contributed by atoms with Crippen molar-refractivity contribution in [3.63, 3.8) is 0 Å². The fourth-order valence-corrected chi connectivity index (χ4v) is 41.1. The number of rotatable bonds is 32. The molecule has 0 aromatic heterocycles. The Morgan fingerprint density at radius 1 is 0.256 bits per heavy atom. The minimum absolute atomic E-state index is 1.36. The summed E-state index contributed by atoms with van der Waals surface area (Å²) in [5.41, 5.74) is 0. The molecule has 0 unspecified atom stereocenters. The fourth-order valence-electron chi connectivity index (χ4n) is 6.76. The van der Waals surface area contributed by atoms with E-state index < -0.39 is 27.2 Å². The second kappa shape index (κ2) is 29.1. The number of hydrogen-bond donors (Lipinski definition) is 0. The summed E-state index contributed by atoms with van der Waals surface area (Å²) in [4.78, 5) is 0. The molecule has 0 fully saturated rings. The quantitative estimate of drug-likeness (QED) is 0.0511. The molecule has 0 aliphatic carbocycles. The monoisotopic (exact) mass is 674 g/mol. The molecule has 0 aliphatic rings. The first-order valence-electron chi connectivity index (χ1n) is 18.8. The molecule has 0 aliphatic heterocycles. The predicted molar refractivity (Wildman–Crippen MR) is 186 cm³/mol. The Labute approximate surface area is 256 Å². The zero-order chi connectivity index (χ0) is 28.9. The predicted octanol–water partition coefficient (Wildman–Crippen LogP) is 14.4. The Kier molecular flexibility index (Phi) is 29.9. The zero-order valence-corrected chi connectivity index (χ0v) is 32.8. The van der Waals surface area contributed by atoms with Crippen LogP contribution in [0.3, 0.4) is 0 Å². The van der Waals surface area contributed by atoms with Gasteiger partial charge in [0.15, 0.2) is 0 Å². The van der Waals surface area contributed by atoms with Crippen LogP contribution in [0.25, 0.3) is 0 Å². The SMILES string of the molecule is CCCCC[CH2][Ge]([CH2]CCCCC)([CH2]CCCCC)[O][Ge]([CH2]CCCCC)([CH2]CCCCC)[CH2]CCCCC. The molecule has 0 rings (SSSR count). The molecule has 0 atom stereocenters. The Morgan fingerprint density at radius 2 is 0.436 bits per heavy atom. The molecule has 3 heteroatoms. The summed E-state index contributed by atoms with van der Waals surface area (Å²) in [5, 5.41) is 9.27. The third-order valence-electron chi connectivity index (χ3n) is 9.35. The van der Waals surface area contributed by atoms with Gasteiger partial charge in [0.05, 0.1) is 0 Å². The third-order valence-corrected chi connectivity index (χ3v) is 36.5. The van der Waals surface area contributed by atoms with Gasteiger partial charge in [-0.15, -0.1) is 0 Å². The molecule has 0 saturated heterocycles. The van der Waals surface area contributed by atoms with Gasteiger partial charge in [-0.05, 0) is 0 Å². The number of hydrogen-bond acceptors (Lipinski definition) is 1. The van der Waals surface area contributed by atoms with Gasteiger partial charge < -0.3 is 0 Å². The van der Waals surface area contributed by atoms with Crippen LogP contribution in [0.5, 0.6) is 0 Å². The van der Waals surface area contributed by atoms with Crippen molar-refractivity contribution in [3.05, 3.63) is 0 Å². The first-order chi connectivity index (χ1) is 19.1. The summed E-state index contributed by atoms with van der Waals surface area (Å²) in [5.74, 6) is 0. The standard InChI is InChI=1S/C36H78Ge2O/c1-7-13-19-25-31-37(32-26-20-14-8-2,33-27-21-15-9-3)39-38(34-28-22-16-10-4,35-29-23-17-11-5)36-30-24-18-12-6/h7-36H2,1-6H3. The fraction of sp³-hybridized carbons (Fsp3) is 1.00. The van der Waals surface area contributed by atoms with Gasteiger partial charge in [0.2, 0.25) is 0 Å². The van der Waals surface area contributed by atoms with Crippen LogP contribution >= 0.6 is 0 Å². The van der Waals surface area contributed by atoms with E-state index >= 15 is 0 Å². The Morgan fingerprint density at radius 3 is 0.590 bits per heavy atom. The van der Waals surface area contributed by atoms with Gasteiger partial charge in [0.1, 0.15) is 0 Å². The summed E-state index contributed by atoms with van der Waals surface area (Å²) in [7, 11) is 0. The van der Waals surface area contributed by atoms with E-state index in [4.69, 9.17) is 2.79 Å². The third kappa shape index (κ3) is 22.3. The molecule has 0 bridgehead atoms. The molecule has 0 radical (unpaired) electrons. The first-order valence-corrected chi connectivity index (χ1v) is 29.4. The Bertz CT molecular complexity index is 376. The van der Waals surface area contributed by atoms with Crippen molar-refractivity contribution < 1.29 is 2.79 Å². The molecule has 1 nitrogen and oxygen atoms in total. The molecular formula is C36H78Ge2O. The van der Waals surface area contributed by atoms with Crippen LogP contribution in [-0.4, -0.2) is 27.2 Å². The summed E-state index contributed by atoms with van der Waals surface area (Å²) >= 11 is -4.74. The second-order valence-corrected chi connectivity index (χ2v) is 32.2. The normalized spacial score (nSPS) is 12.5. The summed E-state index contributed by atoms with van der Waals surface area (Å²) in [6.45, 7) is 14.3. The van der Waals surface area contributed by atoms with Crippen molar-refractivity contribution in [2.45, 2.75) is 227 Å². The van der Waals surface area contributed by atoms with Gasteiger partial charge in [-0.1, -0.05) is 0 Å². The second-order valence-electron chi connectivity index (χ2n) is 13.3. The molecule has 0 amide bonds. The van der Waals surface area contributed by atoms with Gasteiger partial charge in [0, 0.05) is 0 Å². The van der Waals surface area contributed by atoms with E-state index in [0.29, 0.717) is 0 Å². The number of unbranched alkanes of at least 4 members (excludes halogenated alkanes) is 18. The average Bonchev–Trinajstić information content (AvgIpc) is 2.94. The molecule has 0 spiro atoms. The minimum atomic E-state index is -2.37. The van der Waals surface area contributed by atoms with Gasteiger partial charge in [-0.25, -0.2) is 0 Å². The van der Waals surface area contributed by atoms with Crippen LogP contribution in [0.1, 0.15) is 196 Å². The average molecular weight is 672 g/mol. The zero-order valence-electron chi connectivity index (χ0n) is 28.6. The maximum absolute atomic E-state index is 8.28. The van der Waals surface area contributed by atoms with Crippen LogP contribution in [0.2, 0.25) is 31.5 Å². The van der Waals surface area contributed by atoms with E-state index in [0.717, 1.165) is 0 Å². The molecule has 0 heterocycles. The molecule has 0 N–H and O–H groups in total. The van der Waals surface area contributed by atoms with E-state index in [2.05, 4.69) is 41.5 Å². The molecular weight excluding hydrogens is 594 g/mol. The van der Waals surface area contributed by atoms with E-state index in [1.54, 1.807) is 31.5 Å². The topological polar surface area (TPSA) is 9.23 Å². The van der Waals surface area contributed by atoms with E-state index in [1.807, 2.05) is 0 Å². The Balaban J connectivity index is 6.10. The summed E-state index contributed by atoms with van der Waals surface area (Å²) in [6, 6.07) is 0. The van der Waals surface area contributed by atoms with Gasteiger partial charge >= 0.3 is 257 Å². The van der Waals surface area contributed by atoms with E-state index in [9.17, 15) is 0 Å². The van der Waals surface area contributed by atoms with Crippen molar-refractivity contribution in [2.75, 3.05) is 0 Å². The first kappa shape index (κ1) is 40.0. The van der Waals surface area contributed by atoms with E-state index in [1.165, 1.54) is 154 Å². The van der Waals surface area contributed by atoms with Crippen molar-refractivity contribution in [1.29, 1.82) is 0 Å². The molecule has 0 aromatic rings. The van der Waals surface area contributed by atoms with Crippen LogP contribution < -0.4 is 0 Å². The Hall–Kier alpha value is 1.05. The van der Waals surface area contributed by atoms with Crippen molar-refractivity contribution in [2.24, 2.45) is 0 Å². The molecule has 39 heavy (non-hydrogen) atoms. The van der Waals surface area contributed by atoms with Gasteiger partial charge in [0.25, 0.3) is 0 Å². The molecule has 0 aromatic carbocycles. The molecule has 0 saturated carbocycles. The summed E-state index contributed by atoms with van der Waals surface area (Å²) in [6.07, 6.45) is 34.4. The van der Waals surface area contributed by atoms with E-state index in [-0.39, 0.29) is 0 Å². The van der Waals surface area contributed by atoms with Crippen molar-refractivity contribution in [3.8, 4) is 0 Å². The van der Waals surface area contributed by atoms with Crippen LogP contribution in [0.4, 0.5) is 0 Å². The van der Waals surface area contributed by atoms with Crippen molar-refractivity contribution >= 4 is 27.2 Å². The summed E-state index contributed by atoms with van der Waals surface area (Å²) < 4.78 is 8.28. The maximum atomic E-state index is 8.28. The van der Waals surface area contributed by atoms with Crippen LogP contribution in [0.15, 0.2) is 0 Å². The van der Waals surface area contributed by atoms with Crippen molar-refractivity contribution in [1.82, 2.24) is 0 Å². The molecule has 236 valence electrons. The van der Waals surface area contributed by atoms with Crippen LogP contribution in [-0.2, 0) is 2.79 Å². The van der Waals surface area contributed by atoms with Crippen LogP contribution in [0, 0.1) is 0 Å².